The second kappa shape index (κ2) is 5.39. The van der Waals surface area contributed by atoms with Gasteiger partial charge in [0, 0.05) is 11.5 Å². The van der Waals surface area contributed by atoms with Gasteiger partial charge in [-0.25, -0.2) is 9.37 Å². The lowest BCUT2D eigenvalue weighted by Crippen LogP contribution is -1.93. The van der Waals surface area contributed by atoms with Crippen molar-refractivity contribution < 1.29 is 9.13 Å². The van der Waals surface area contributed by atoms with E-state index in [0.717, 1.165) is 5.39 Å². The van der Waals surface area contributed by atoms with Crippen LogP contribution in [0.25, 0.3) is 10.9 Å². The van der Waals surface area contributed by atoms with E-state index in [-0.39, 0.29) is 16.7 Å². The van der Waals surface area contributed by atoms with Gasteiger partial charge >= 0.3 is 0 Å². The van der Waals surface area contributed by atoms with E-state index in [2.05, 4.69) is 11.1 Å². The third-order valence-corrected chi connectivity index (χ3v) is 3.24. The van der Waals surface area contributed by atoms with Crippen molar-refractivity contribution in [3.05, 3.63) is 64.9 Å². The number of fused-ring (bicyclic) bond motifs is 1. The topological polar surface area (TPSA) is 45.9 Å². The molecule has 1 aromatic heterocycles. The molecule has 0 aliphatic heterocycles. The molecule has 21 heavy (non-hydrogen) atoms. The van der Waals surface area contributed by atoms with Crippen molar-refractivity contribution in [2.45, 2.75) is 0 Å². The number of pyridine rings is 1. The van der Waals surface area contributed by atoms with Crippen LogP contribution in [0.3, 0.4) is 0 Å². The minimum atomic E-state index is -0.660. The first-order valence-corrected chi connectivity index (χ1v) is 6.48. The maximum atomic E-state index is 13.8. The van der Waals surface area contributed by atoms with E-state index >= 15 is 0 Å². The SMILES string of the molecule is N#Cc1cc(Oc2cccc(Cl)c2F)nc2ccccc12. The van der Waals surface area contributed by atoms with Gasteiger partial charge in [0.05, 0.1) is 16.1 Å². The molecule has 0 radical (unpaired) electrons. The number of ether oxygens (including phenoxy) is 1. The summed E-state index contributed by atoms with van der Waals surface area (Å²) in [6, 6.07) is 15.2. The number of rotatable bonds is 2. The second-order valence-electron chi connectivity index (χ2n) is 4.29. The van der Waals surface area contributed by atoms with Crippen LogP contribution in [0.2, 0.25) is 5.02 Å². The number of hydrogen-bond donors (Lipinski definition) is 0. The van der Waals surface area contributed by atoms with Gasteiger partial charge in [0.2, 0.25) is 5.88 Å². The Bertz CT molecular complexity index is 874. The Balaban J connectivity index is 2.09. The van der Waals surface area contributed by atoms with Crippen LogP contribution in [-0.4, -0.2) is 4.98 Å². The molecule has 0 N–H and O–H groups in total. The van der Waals surface area contributed by atoms with E-state index in [1.165, 1.54) is 18.2 Å². The normalized spacial score (nSPS) is 10.3. The maximum Gasteiger partial charge on any atom is 0.221 e. The van der Waals surface area contributed by atoms with Crippen molar-refractivity contribution in [3.63, 3.8) is 0 Å². The fourth-order valence-electron chi connectivity index (χ4n) is 1.97. The highest BCUT2D eigenvalue weighted by Crippen LogP contribution is 2.29. The van der Waals surface area contributed by atoms with Gasteiger partial charge < -0.3 is 4.74 Å². The number of nitrogens with zero attached hydrogens (tertiary/aromatic N) is 2. The van der Waals surface area contributed by atoms with Gasteiger partial charge in [-0.2, -0.15) is 5.26 Å². The number of aromatic nitrogens is 1. The van der Waals surface area contributed by atoms with E-state index in [4.69, 9.17) is 16.3 Å². The van der Waals surface area contributed by atoms with Gasteiger partial charge in [0.15, 0.2) is 11.6 Å². The minimum Gasteiger partial charge on any atom is -0.436 e. The molecule has 0 fully saturated rings. The zero-order valence-corrected chi connectivity index (χ0v) is 11.4. The molecule has 102 valence electrons. The molecule has 1 heterocycles. The zero-order chi connectivity index (χ0) is 14.8. The molecule has 0 unspecified atom stereocenters. The molecule has 0 aliphatic rings. The highest BCUT2D eigenvalue weighted by atomic mass is 35.5. The van der Waals surface area contributed by atoms with E-state index in [1.54, 1.807) is 24.3 Å². The lowest BCUT2D eigenvalue weighted by molar-refractivity contribution is 0.429. The molecule has 0 atom stereocenters. The van der Waals surface area contributed by atoms with Crippen LogP contribution < -0.4 is 4.74 Å². The van der Waals surface area contributed by atoms with Crippen molar-refractivity contribution in [2.24, 2.45) is 0 Å². The van der Waals surface area contributed by atoms with Crippen molar-refractivity contribution in [3.8, 4) is 17.7 Å². The number of para-hydroxylation sites is 1. The van der Waals surface area contributed by atoms with Crippen molar-refractivity contribution in [2.75, 3.05) is 0 Å². The van der Waals surface area contributed by atoms with E-state index in [0.29, 0.717) is 11.1 Å². The Hall–Kier alpha value is -2.64. The van der Waals surface area contributed by atoms with Crippen molar-refractivity contribution >= 4 is 22.5 Å². The van der Waals surface area contributed by atoms with Crippen LogP contribution in [0.1, 0.15) is 5.56 Å². The highest BCUT2D eigenvalue weighted by molar-refractivity contribution is 6.30. The Kier molecular flexibility index (Phi) is 3.43. The number of nitriles is 1. The minimum absolute atomic E-state index is 0.0332. The third-order valence-electron chi connectivity index (χ3n) is 2.94. The maximum absolute atomic E-state index is 13.8. The molecule has 0 amide bonds. The Morgan fingerprint density at radius 2 is 1.95 bits per heavy atom. The number of benzene rings is 2. The van der Waals surface area contributed by atoms with E-state index in [1.807, 2.05) is 6.07 Å². The van der Waals surface area contributed by atoms with Gasteiger partial charge in [0.25, 0.3) is 0 Å². The van der Waals surface area contributed by atoms with Crippen molar-refractivity contribution in [1.82, 2.24) is 4.98 Å². The van der Waals surface area contributed by atoms with Crippen LogP contribution in [0, 0.1) is 17.1 Å². The summed E-state index contributed by atoms with van der Waals surface area (Å²) in [5.41, 5.74) is 1.02. The predicted octanol–water partition coefficient (Wildman–Crippen LogP) is 4.69. The van der Waals surface area contributed by atoms with Gasteiger partial charge in [-0.15, -0.1) is 0 Å². The quantitative estimate of drug-likeness (QED) is 0.689. The molecular formula is C16H8ClFN2O. The van der Waals surface area contributed by atoms with Crippen LogP contribution in [0.15, 0.2) is 48.5 Å². The van der Waals surface area contributed by atoms with Gasteiger partial charge in [0.1, 0.15) is 6.07 Å². The van der Waals surface area contributed by atoms with E-state index < -0.39 is 5.82 Å². The first-order valence-electron chi connectivity index (χ1n) is 6.11. The van der Waals surface area contributed by atoms with Gasteiger partial charge in [-0.3, -0.25) is 0 Å². The van der Waals surface area contributed by atoms with Crippen LogP contribution in [0.4, 0.5) is 4.39 Å². The fraction of sp³-hybridized carbons (Fsp3) is 0. The molecular weight excluding hydrogens is 291 g/mol. The molecule has 3 aromatic rings. The van der Waals surface area contributed by atoms with Gasteiger partial charge in [-0.1, -0.05) is 35.9 Å². The molecule has 3 nitrogen and oxygen atoms in total. The molecule has 5 heteroatoms. The smallest absolute Gasteiger partial charge is 0.221 e. The monoisotopic (exact) mass is 298 g/mol. The third kappa shape index (κ3) is 2.51. The Labute approximate surface area is 125 Å². The number of halogens is 2. The standard InChI is InChI=1S/C16H8ClFN2O/c17-12-5-3-7-14(16(12)18)21-15-8-10(9-19)11-4-1-2-6-13(11)20-15/h1-8H. The molecule has 3 rings (SSSR count). The Morgan fingerprint density at radius 3 is 2.76 bits per heavy atom. The molecule has 0 bridgehead atoms. The molecule has 0 saturated heterocycles. The predicted molar refractivity (Wildman–Crippen MR) is 77.9 cm³/mol. The summed E-state index contributed by atoms with van der Waals surface area (Å²) in [7, 11) is 0. The summed E-state index contributed by atoms with van der Waals surface area (Å²) >= 11 is 5.71. The second-order valence-corrected chi connectivity index (χ2v) is 4.70. The van der Waals surface area contributed by atoms with Gasteiger partial charge in [-0.05, 0) is 18.2 Å². The zero-order valence-electron chi connectivity index (χ0n) is 10.7. The summed E-state index contributed by atoms with van der Waals surface area (Å²) in [5.74, 6) is -0.548. The summed E-state index contributed by atoms with van der Waals surface area (Å²) < 4.78 is 19.3. The lowest BCUT2D eigenvalue weighted by Gasteiger charge is -2.08. The first-order chi connectivity index (χ1) is 10.2. The van der Waals surface area contributed by atoms with Crippen LogP contribution in [-0.2, 0) is 0 Å². The summed E-state index contributed by atoms with van der Waals surface area (Å²) in [4.78, 5) is 4.27. The van der Waals surface area contributed by atoms with Crippen LogP contribution >= 0.6 is 11.6 Å². The first kappa shape index (κ1) is 13.3. The average molecular weight is 299 g/mol. The van der Waals surface area contributed by atoms with Crippen molar-refractivity contribution in [1.29, 1.82) is 5.26 Å². The van der Waals surface area contributed by atoms with Crippen LogP contribution in [0.5, 0.6) is 11.6 Å². The number of hydrogen-bond acceptors (Lipinski definition) is 3. The average Bonchev–Trinajstić information content (AvgIpc) is 2.51. The summed E-state index contributed by atoms with van der Waals surface area (Å²) in [6.45, 7) is 0. The highest BCUT2D eigenvalue weighted by Gasteiger charge is 2.11. The Morgan fingerprint density at radius 1 is 1.14 bits per heavy atom. The lowest BCUT2D eigenvalue weighted by atomic mass is 10.1. The summed E-state index contributed by atoms with van der Waals surface area (Å²) in [6.07, 6.45) is 0. The molecule has 2 aromatic carbocycles. The molecule has 0 saturated carbocycles. The summed E-state index contributed by atoms with van der Waals surface area (Å²) in [5, 5.41) is 9.88. The van der Waals surface area contributed by atoms with E-state index in [9.17, 15) is 9.65 Å². The molecule has 0 aliphatic carbocycles. The largest absolute Gasteiger partial charge is 0.436 e. The fourth-order valence-corrected chi connectivity index (χ4v) is 2.14. The molecule has 0 spiro atoms.